The minimum Gasteiger partial charge on any atom is -0.505 e. The predicted molar refractivity (Wildman–Crippen MR) is 278 cm³/mol. The van der Waals surface area contributed by atoms with Gasteiger partial charge in [0.05, 0.1) is 45.8 Å². The highest BCUT2D eigenvalue weighted by atomic mass is 32.2. The van der Waals surface area contributed by atoms with E-state index in [0.717, 1.165) is 45.6 Å². The summed E-state index contributed by atoms with van der Waals surface area (Å²) in [6.45, 7) is 20.2. The minimum absolute atomic E-state index is 0.197. The molecular formula is C46H64N8O10S3. The molecule has 0 saturated heterocycles. The number of anilines is 8. The van der Waals surface area contributed by atoms with Crippen molar-refractivity contribution in [2.75, 3.05) is 51.5 Å². The fourth-order valence-corrected chi connectivity index (χ4v) is 6.55. The molecule has 6 aromatic rings. The van der Waals surface area contributed by atoms with Crippen molar-refractivity contribution in [1.82, 2.24) is 0 Å². The summed E-state index contributed by atoms with van der Waals surface area (Å²) in [5.41, 5.74) is 46.2. The SMILES string of the molecule is C=CC.C=CC.CC.CS(=O)(=O)O.Cc1cc(-c2ccc(NNc3c(S(=O)(=O)O)cc4cc(S(=O)(=O)O)c(N)c(O)c4c3N)c(C)c2)ccc1N.Cc1ccc(N)c(N)c1.Nc1ccccc1. The van der Waals surface area contributed by atoms with Crippen LogP contribution in [0.4, 0.5) is 45.5 Å². The van der Waals surface area contributed by atoms with Gasteiger partial charge in [0.1, 0.15) is 15.5 Å². The molecule has 0 atom stereocenters. The number of benzene rings is 6. The molecule has 18 N–H and O–H groups in total. The number of hydrazine groups is 1. The van der Waals surface area contributed by atoms with Gasteiger partial charge in [-0.05, 0) is 128 Å². The van der Waals surface area contributed by atoms with E-state index < -0.39 is 51.6 Å². The molecule has 0 amide bonds. The Kier molecular flexibility index (Phi) is 24.6. The third-order valence-corrected chi connectivity index (χ3v) is 9.93. The Morgan fingerprint density at radius 3 is 1.42 bits per heavy atom. The Morgan fingerprint density at radius 2 is 1.01 bits per heavy atom. The highest BCUT2D eigenvalue weighted by Gasteiger charge is 2.26. The van der Waals surface area contributed by atoms with Crippen LogP contribution >= 0.6 is 0 Å². The van der Waals surface area contributed by atoms with Gasteiger partial charge in [-0.25, -0.2) is 0 Å². The van der Waals surface area contributed by atoms with Crippen LogP contribution in [0, 0.1) is 20.8 Å². The van der Waals surface area contributed by atoms with Gasteiger partial charge in [-0.2, -0.15) is 25.3 Å². The number of aryl methyl sites for hydroxylation is 3. The van der Waals surface area contributed by atoms with Crippen molar-refractivity contribution in [3.63, 3.8) is 0 Å². The lowest BCUT2D eigenvalue weighted by Gasteiger charge is -2.19. The van der Waals surface area contributed by atoms with Crippen molar-refractivity contribution in [2.24, 2.45) is 0 Å². The second kappa shape index (κ2) is 27.5. The van der Waals surface area contributed by atoms with Crippen molar-refractivity contribution < 1.29 is 44.0 Å². The molecule has 18 nitrogen and oxygen atoms in total. The van der Waals surface area contributed by atoms with Crippen LogP contribution < -0.4 is 45.3 Å². The van der Waals surface area contributed by atoms with Gasteiger partial charge in [0.15, 0.2) is 0 Å². The molecular weight excluding hydrogens is 921 g/mol. The summed E-state index contributed by atoms with van der Waals surface area (Å²) >= 11 is 0. The molecule has 0 heterocycles. The molecule has 6 rings (SSSR count). The lowest BCUT2D eigenvalue weighted by Crippen LogP contribution is -2.16. The normalized spacial score (nSPS) is 10.3. The van der Waals surface area contributed by atoms with Gasteiger partial charge in [-0.3, -0.25) is 19.1 Å². The monoisotopic (exact) mass is 984 g/mol. The van der Waals surface area contributed by atoms with E-state index in [2.05, 4.69) is 24.0 Å². The summed E-state index contributed by atoms with van der Waals surface area (Å²) in [6, 6.07) is 27.9. The molecule has 0 spiro atoms. The Morgan fingerprint density at radius 1 is 0.567 bits per heavy atom. The molecule has 0 fully saturated rings. The van der Waals surface area contributed by atoms with E-state index in [1.165, 1.54) is 0 Å². The number of nitrogens with two attached hydrogens (primary N) is 6. The second-order valence-corrected chi connectivity index (χ2v) is 18.0. The summed E-state index contributed by atoms with van der Waals surface area (Å²) in [6.07, 6.45) is 4.22. The lowest BCUT2D eigenvalue weighted by molar-refractivity contribution is 0.473. The standard InChI is InChI=1S/C24H25N5O7S2.C7H10N2.C6H7N.2C3H6.C2H6.CH4O3S/c1-11-7-13(3-5-16(11)25)14-4-6-17(12(2)8-14)28-29-23-19(38(34,35)36)10-15-9-18(37(31,32)33)21(26)24(30)20(15)22(23)27;1-5-2-3-6(8)7(9)4-5;7-6-4-2-1-3-5-6;2*1-3-2;1-2;1-5(2,3)4/h3-10,28-30H,25-27H2,1-2H3,(H,31,32,33)(H,34,35,36);2-4H,8-9H2,1H3;1-5H,7H2;2*3H,1H2,2H3;1-2H3;1H3,(H,2,3,4). The predicted octanol–water partition coefficient (Wildman–Crippen LogP) is 8.85. The maximum atomic E-state index is 12.2. The fourth-order valence-electron chi connectivity index (χ4n) is 5.21. The van der Waals surface area contributed by atoms with Crippen LogP contribution in [0.25, 0.3) is 21.9 Å². The first-order chi connectivity index (χ1) is 31.0. The maximum Gasteiger partial charge on any atom is 0.296 e. The average molecular weight is 985 g/mol. The number of hydrogen-bond acceptors (Lipinski definition) is 15. The van der Waals surface area contributed by atoms with Crippen LogP contribution in [-0.2, 0) is 30.4 Å². The molecule has 0 aliphatic carbocycles. The number of rotatable bonds is 6. The first-order valence-corrected chi connectivity index (χ1v) is 24.5. The van der Waals surface area contributed by atoms with Gasteiger partial charge >= 0.3 is 0 Å². The number of aromatic hydroxyl groups is 1. The number of phenols is 1. The zero-order valence-corrected chi connectivity index (χ0v) is 41.2. The number of para-hydroxylation sites is 1. The van der Waals surface area contributed by atoms with Gasteiger partial charge in [-0.15, -0.1) is 13.2 Å². The minimum atomic E-state index is -4.90. The molecule has 0 aliphatic heterocycles. The molecule has 0 unspecified atom stereocenters. The zero-order valence-electron chi connectivity index (χ0n) is 38.7. The summed E-state index contributed by atoms with van der Waals surface area (Å²) in [5.74, 6) is -0.795. The van der Waals surface area contributed by atoms with Crippen molar-refractivity contribution in [1.29, 1.82) is 0 Å². The van der Waals surface area contributed by atoms with E-state index in [1.807, 2.05) is 127 Å². The third kappa shape index (κ3) is 20.4. The third-order valence-electron chi connectivity index (χ3n) is 8.15. The van der Waals surface area contributed by atoms with Gasteiger partial charge in [0.25, 0.3) is 30.4 Å². The van der Waals surface area contributed by atoms with Gasteiger partial charge in [0.2, 0.25) is 0 Å². The van der Waals surface area contributed by atoms with Crippen LogP contribution in [-0.4, -0.2) is 50.3 Å². The van der Waals surface area contributed by atoms with Crippen LogP contribution in [0.15, 0.2) is 132 Å². The smallest absolute Gasteiger partial charge is 0.296 e. The topological polar surface area (TPSA) is 364 Å². The van der Waals surface area contributed by atoms with Gasteiger partial charge in [-0.1, -0.05) is 62.4 Å². The van der Waals surface area contributed by atoms with Crippen LogP contribution in [0.1, 0.15) is 44.4 Å². The molecule has 0 radical (unpaired) electrons. The number of allylic oxidation sites excluding steroid dienone is 2. The number of fused-ring (bicyclic) bond motifs is 1. The highest BCUT2D eigenvalue weighted by Crippen LogP contribution is 2.44. The second-order valence-electron chi connectivity index (χ2n) is 13.8. The molecule has 67 heavy (non-hydrogen) atoms. The molecule has 0 aromatic heterocycles. The summed E-state index contributed by atoms with van der Waals surface area (Å²) in [4.78, 5) is -1.57. The average Bonchev–Trinajstić information content (AvgIpc) is 3.22. The summed E-state index contributed by atoms with van der Waals surface area (Å²) in [7, 11) is -13.4. The maximum absolute atomic E-state index is 12.2. The van der Waals surface area contributed by atoms with Crippen LogP contribution in [0.5, 0.6) is 5.75 Å². The Labute approximate surface area is 394 Å². The Bertz CT molecular complexity index is 2920. The molecule has 21 heteroatoms. The number of nitrogens with one attached hydrogen (secondary N) is 2. The Hall–Kier alpha value is -7.01. The van der Waals surface area contributed by atoms with Gasteiger partial charge in [0, 0.05) is 11.4 Å². The van der Waals surface area contributed by atoms with Gasteiger partial charge < -0.3 is 44.9 Å². The van der Waals surface area contributed by atoms with E-state index in [-0.39, 0.29) is 22.1 Å². The fraction of sp³-hybridized carbons (Fsp3) is 0.174. The summed E-state index contributed by atoms with van der Waals surface area (Å²) in [5, 5.41) is 10.2. The molecule has 366 valence electrons. The molecule has 6 aromatic carbocycles. The van der Waals surface area contributed by atoms with Crippen molar-refractivity contribution >= 4 is 86.6 Å². The largest absolute Gasteiger partial charge is 0.505 e. The van der Waals surface area contributed by atoms with Crippen LogP contribution in [0.2, 0.25) is 0 Å². The van der Waals surface area contributed by atoms with Crippen LogP contribution in [0.3, 0.4) is 0 Å². The highest BCUT2D eigenvalue weighted by molar-refractivity contribution is 7.86. The molecule has 0 aliphatic rings. The lowest BCUT2D eigenvalue weighted by atomic mass is 10.00. The van der Waals surface area contributed by atoms with E-state index in [1.54, 1.807) is 18.2 Å². The first-order valence-electron chi connectivity index (χ1n) is 19.8. The summed E-state index contributed by atoms with van der Waals surface area (Å²) < 4.78 is 92.8. The van der Waals surface area contributed by atoms with Crippen molar-refractivity contribution in [2.45, 2.75) is 58.3 Å². The zero-order chi connectivity index (χ0) is 52.0. The number of nitrogen functional groups attached to an aromatic ring is 6. The van der Waals surface area contributed by atoms with E-state index in [0.29, 0.717) is 29.0 Å². The first kappa shape index (κ1) is 60.0. The van der Waals surface area contributed by atoms with E-state index >= 15 is 0 Å². The molecule has 0 saturated carbocycles. The molecule has 0 bridgehead atoms. The van der Waals surface area contributed by atoms with E-state index in [9.17, 15) is 39.5 Å². The van der Waals surface area contributed by atoms with Crippen molar-refractivity contribution in [3.05, 3.63) is 139 Å². The van der Waals surface area contributed by atoms with Crippen molar-refractivity contribution in [3.8, 4) is 16.9 Å². The Balaban J connectivity index is 0.00000121. The number of phenolic OH excluding ortho intramolecular Hbond substituents is 1. The van der Waals surface area contributed by atoms with E-state index in [4.69, 9.17) is 39.0 Å². The quantitative estimate of drug-likeness (QED) is 0.0243. The number of hydrogen-bond donors (Lipinski definition) is 12.